The zero-order valence-corrected chi connectivity index (χ0v) is 18.6. The van der Waals surface area contributed by atoms with Gasteiger partial charge in [-0.1, -0.05) is 26.0 Å². The average Bonchev–Trinajstić information content (AvgIpc) is 3.28. The van der Waals surface area contributed by atoms with Crippen LogP contribution in [0.3, 0.4) is 0 Å². The van der Waals surface area contributed by atoms with Gasteiger partial charge in [0.1, 0.15) is 17.8 Å². The molecule has 2 aliphatic rings. The molecule has 2 fully saturated rings. The number of hydrogen-bond acceptors (Lipinski definition) is 6. The van der Waals surface area contributed by atoms with Crippen molar-refractivity contribution in [2.24, 2.45) is 5.92 Å². The van der Waals surface area contributed by atoms with E-state index in [1.807, 2.05) is 6.20 Å². The fraction of sp³-hybridized carbons (Fsp3) is 0.458. The Kier molecular flexibility index (Phi) is 5.70. The van der Waals surface area contributed by atoms with Gasteiger partial charge in [-0.3, -0.25) is 10.1 Å². The van der Waals surface area contributed by atoms with E-state index in [0.29, 0.717) is 18.3 Å². The van der Waals surface area contributed by atoms with E-state index in [0.717, 1.165) is 48.5 Å². The van der Waals surface area contributed by atoms with E-state index in [-0.39, 0.29) is 18.2 Å². The van der Waals surface area contributed by atoms with Gasteiger partial charge in [0.05, 0.1) is 5.39 Å². The van der Waals surface area contributed by atoms with Crippen LogP contribution >= 0.6 is 0 Å². The predicted molar refractivity (Wildman–Crippen MR) is 126 cm³/mol. The molecule has 4 N–H and O–H groups in total. The van der Waals surface area contributed by atoms with Crippen LogP contribution in [0, 0.1) is 5.92 Å². The molecule has 0 radical (unpaired) electrons. The summed E-state index contributed by atoms with van der Waals surface area (Å²) in [6.07, 6.45) is 6.08. The number of nitrogens with one attached hydrogen (secondary N) is 4. The Morgan fingerprint density at radius 3 is 3.00 bits per heavy atom. The van der Waals surface area contributed by atoms with Gasteiger partial charge >= 0.3 is 0 Å². The number of amides is 1. The van der Waals surface area contributed by atoms with Crippen molar-refractivity contribution in [1.29, 1.82) is 0 Å². The summed E-state index contributed by atoms with van der Waals surface area (Å²) in [7, 11) is 0. The lowest BCUT2D eigenvalue weighted by atomic mass is 9.90. The number of aromatic amines is 1. The van der Waals surface area contributed by atoms with E-state index in [1.165, 1.54) is 5.56 Å². The maximum Gasteiger partial charge on any atom is 0.224 e. The molecule has 0 bridgehead atoms. The minimum absolute atomic E-state index is 0.0833. The molecular weight excluding hydrogens is 402 g/mol. The second-order valence-corrected chi connectivity index (χ2v) is 9.21. The quantitative estimate of drug-likeness (QED) is 0.493. The van der Waals surface area contributed by atoms with Crippen LogP contribution in [-0.2, 0) is 4.79 Å². The van der Waals surface area contributed by atoms with Crippen molar-refractivity contribution in [1.82, 2.24) is 25.6 Å². The standard InChI is InChI=1S/C24H31N7O/c1-15(2)20-12-21(32)30-24(29-20)28-18-7-3-5-16(11-18)17-6-4-10-31(13-17)23-19-8-9-25-22(19)26-14-27-23/h3,5,7-9,11,14-15,17,20,24,28-29H,4,6,10,12-13H2,1-2H3,(H,30,32)(H,25,26,27). The summed E-state index contributed by atoms with van der Waals surface area (Å²) >= 11 is 0. The SMILES string of the molecule is CC(C)C1CC(=O)NC(Nc2cccc(C3CCCN(c4ncnc5[nH]ccc45)C3)c2)N1. The number of piperidine rings is 1. The van der Waals surface area contributed by atoms with Crippen molar-refractivity contribution in [2.45, 2.75) is 51.4 Å². The maximum atomic E-state index is 12.1. The van der Waals surface area contributed by atoms with Gasteiger partial charge in [-0.05, 0) is 42.5 Å². The first-order valence-corrected chi connectivity index (χ1v) is 11.5. The maximum absolute atomic E-state index is 12.1. The normalized spacial score (nSPS) is 24.0. The minimum atomic E-state index is -0.260. The molecule has 2 aliphatic heterocycles. The third kappa shape index (κ3) is 4.27. The molecule has 8 heteroatoms. The molecule has 168 valence electrons. The Morgan fingerprint density at radius 1 is 1.22 bits per heavy atom. The number of aromatic nitrogens is 3. The van der Waals surface area contributed by atoms with Crippen molar-refractivity contribution in [3.8, 4) is 0 Å². The highest BCUT2D eigenvalue weighted by Crippen LogP contribution is 2.32. The van der Waals surface area contributed by atoms with Crippen LogP contribution in [-0.4, -0.2) is 46.3 Å². The Bertz CT molecular complexity index is 1090. The summed E-state index contributed by atoms with van der Waals surface area (Å²) in [5.41, 5.74) is 3.20. The molecule has 0 spiro atoms. The molecule has 8 nitrogen and oxygen atoms in total. The molecule has 5 rings (SSSR count). The molecule has 3 atom stereocenters. The number of carbonyl (C=O) groups is 1. The van der Waals surface area contributed by atoms with Gasteiger partial charge in [0.25, 0.3) is 0 Å². The number of carbonyl (C=O) groups excluding carboxylic acids is 1. The van der Waals surface area contributed by atoms with E-state index >= 15 is 0 Å². The summed E-state index contributed by atoms with van der Waals surface area (Å²) in [6.45, 7) is 6.21. The van der Waals surface area contributed by atoms with Crippen LogP contribution in [0.5, 0.6) is 0 Å². The molecule has 1 amide bonds. The predicted octanol–water partition coefficient (Wildman–Crippen LogP) is 3.17. The topological polar surface area (TPSA) is 98.0 Å². The molecule has 0 saturated carbocycles. The number of fused-ring (bicyclic) bond motifs is 1. The average molecular weight is 434 g/mol. The first-order valence-electron chi connectivity index (χ1n) is 11.5. The van der Waals surface area contributed by atoms with E-state index in [1.54, 1.807) is 6.33 Å². The zero-order chi connectivity index (χ0) is 22.1. The fourth-order valence-electron chi connectivity index (χ4n) is 4.84. The monoisotopic (exact) mass is 433 g/mol. The van der Waals surface area contributed by atoms with Crippen molar-refractivity contribution in [3.63, 3.8) is 0 Å². The second-order valence-electron chi connectivity index (χ2n) is 9.21. The van der Waals surface area contributed by atoms with E-state index in [2.05, 4.69) is 80.0 Å². The number of rotatable bonds is 5. The van der Waals surface area contributed by atoms with Crippen molar-refractivity contribution in [3.05, 3.63) is 48.4 Å². The Hall–Kier alpha value is -3.13. The second kappa shape index (κ2) is 8.78. The van der Waals surface area contributed by atoms with E-state index < -0.39 is 0 Å². The molecule has 1 aromatic carbocycles. The van der Waals surface area contributed by atoms with Crippen LogP contribution in [0.25, 0.3) is 11.0 Å². The van der Waals surface area contributed by atoms with Gasteiger partial charge in [0, 0.05) is 43.4 Å². The Morgan fingerprint density at radius 2 is 2.12 bits per heavy atom. The smallest absolute Gasteiger partial charge is 0.224 e. The van der Waals surface area contributed by atoms with Crippen LogP contribution in [0.2, 0.25) is 0 Å². The van der Waals surface area contributed by atoms with Gasteiger partial charge < -0.3 is 20.5 Å². The largest absolute Gasteiger partial charge is 0.355 e. The summed E-state index contributed by atoms with van der Waals surface area (Å²) in [5, 5.41) is 11.0. The Labute approximate surface area is 188 Å². The van der Waals surface area contributed by atoms with Crippen molar-refractivity contribution >= 4 is 28.4 Å². The summed E-state index contributed by atoms with van der Waals surface area (Å²) in [6, 6.07) is 10.8. The third-order valence-electron chi connectivity index (χ3n) is 6.62. The van der Waals surface area contributed by atoms with Crippen LogP contribution in [0.15, 0.2) is 42.9 Å². The number of anilines is 2. The lowest BCUT2D eigenvalue weighted by Gasteiger charge is -2.35. The van der Waals surface area contributed by atoms with Gasteiger partial charge in [0.15, 0.2) is 6.29 Å². The number of hydrogen-bond donors (Lipinski definition) is 4. The van der Waals surface area contributed by atoms with Gasteiger partial charge in [-0.2, -0.15) is 0 Å². The van der Waals surface area contributed by atoms with Crippen LogP contribution in [0.4, 0.5) is 11.5 Å². The van der Waals surface area contributed by atoms with Crippen molar-refractivity contribution in [2.75, 3.05) is 23.3 Å². The molecular formula is C24H31N7O. The molecule has 0 aliphatic carbocycles. The Balaban J connectivity index is 1.31. The van der Waals surface area contributed by atoms with Gasteiger partial charge in [-0.15, -0.1) is 0 Å². The third-order valence-corrected chi connectivity index (χ3v) is 6.62. The molecule has 2 aromatic heterocycles. The van der Waals surface area contributed by atoms with Crippen LogP contribution < -0.4 is 20.9 Å². The molecule has 3 aromatic rings. The van der Waals surface area contributed by atoms with Crippen molar-refractivity contribution < 1.29 is 4.79 Å². The molecule has 4 heterocycles. The lowest BCUT2D eigenvalue weighted by Crippen LogP contribution is -2.61. The minimum Gasteiger partial charge on any atom is -0.355 e. The first kappa shape index (κ1) is 20.8. The highest BCUT2D eigenvalue weighted by Gasteiger charge is 2.28. The fourth-order valence-corrected chi connectivity index (χ4v) is 4.84. The number of benzene rings is 1. The zero-order valence-electron chi connectivity index (χ0n) is 18.6. The van der Waals surface area contributed by atoms with Gasteiger partial charge in [0.2, 0.25) is 5.91 Å². The number of H-pyrrole nitrogens is 1. The molecule has 2 saturated heterocycles. The lowest BCUT2D eigenvalue weighted by molar-refractivity contribution is -0.124. The highest BCUT2D eigenvalue weighted by molar-refractivity contribution is 5.87. The van der Waals surface area contributed by atoms with Gasteiger partial charge in [-0.25, -0.2) is 9.97 Å². The van der Waals surface area contributed by atoms with Crippen LogP contribution in [0.1, 0.15) is 44.6 Å². The van der Waals surface area contributed by atoms with E-state index in [4.69, 9.17) is 0 Å². The highest BCUT2D eigenvalue weighted by atomic mass is 16.2. The summed E-state index contributed by atoms with van der Waals surface area (Å²) < 4.78 is 0. The first-order chi connectivity index (χ1) is 15.6. The summed E-state index contributed by atoms with van der Waals surface area (Å²) in [5.74, 6) is 1.91. The summed E-state index contributed by atoms with van der Waals surface area (Å²) in [4.78, 5) is 26.6. The molecule has 3 unspecified atom stereocenters. The van der Waals surface area contributed by atoms with E-state index in [9.17, 15) is 4.79 Å². The molecule has 32 heavy (non-hydrogen) atoms. The number of nitrogens with zero attached hydrogens (tertiary/aromatic N) is 3.